The molecule has 1 aliphatic rings. The Bertz CT molecular complexity index is 916. The van der Waals surface area contributed by atoms with E-state index in [1.807, 2.05) is 48.5 Å². The van der Waals surface area contributed by atoms with Gasteiger partial charge in [-0.25, -0.2) is 0 Å². The lowest BCUT2D eigenvalue weighted by Gasteiger charge is -2.32. The molecule has 4 rings (SSSR count). The van der Waals surface area contributed by atoms with Crippen LogP contribution >= 0.6 is 23.4 Å². The molecule has 4 heteroatoms. The number of halogens is 1. The minimum atomic E-state index is 0.287. The van der Waals surface area contributed by atoms with Gasteiger partial charge in [0.1, 0.15) is 0 Å². The molecule has 0 unspecified atom stereocenters. The molecule has 0 saturated heterocycles. The first-order chi connectivity index (χ1) is 12.1. The number of rotatable bonds is 2. The zero-order chi connectivity index (χ0) is 17.4. The average Bonchev–Trinajstić information content (AvgIpc) is 2.64. The zero-order valence-corrected chi connectivity index (χ0v) is 15.2. The van der Waals surface area contributed by atoms with Crippen molar-refractivity contribution in [3.8, 4) is 0 Å². The van der Waals surface area contributed by atoms with Gasteiger partial charge < -0.3 is 10.0 Å². The summed E-state index contributed by atoms with van der Waals surface area (Å²) in [6.07, 6.45) is 0. The molecule has 0 bridgehead atoms. The van der Waals surface area contributed by atoms with Gasteiger partial charge in [0.15, 0.2) is 5.09 Å². The van der Waals surface area contributed by atoms with Gasteiger partial charge in [0.05, 0.1) is 0 Å². The van der Waals surface area contributed by atoms with Crippen molar-refractivity contribution in [2.24, 2.45) is 0 Å². The molecule has 25 heavy (non-hydrogen) atoms. The molecule has 0 atom stereocenters. The summed E-state index contributed by atoms with van der Waals surface area (Å²) in [4.78, 5) is 3.11. The average molecular weight is 366 g/mol. The Kier molecular flexibility index (Phi) is 4.20. The Labute approximate surface area is 156 Å². The van der Waals surface area contributed by atoms with Gasteiger partial charge in [-0.3, -0.25) is 0 Å². The summed E-state index contributed by atoms with van der Waals surface area (Å²) >= 11 is 7.30. The van der Waals surface area contributed by atoms with Gasteiger partial charge in [0.2, 0.25) is 0 Å². The molecule has 0 fully saturated rings. The van der Waals surface area contributed by atoms with Crippen molar-refractivity contribution < 1.29 is 5.11 Å². The Morgan fingerprint density at radius 2 is 1.36 bits per heavy atom. The van der Waals surface area contributed by atoms with E-state index in [1.54, 1.807) is 0 Å². The van der Waals surface area contributed by atoms with Crippen LogP contribution in [0.2, 0.25) is 5.02 Å². The first-order valence-corrected chi connectivity index (χ1v) is 9.14. The van der Waals surface area contributed by atoms with Crippen LogP contribution in [0.15, 0.2) is 82.8 Å². The standard InChI is InChI=1S/C21H16ClNOS/c1-23-18-8-4-2-6-16(18)20(17-7-3-5-9-19(17)23)21(24)25-15-12-10-14(22)11-13-15/h2-13,24H,1H3. The van der Waals surface area contributed by atoms with E-state index in [1.165, 1.54) is 11.8 Å². The Balaban J connectivity index is 1.88. The minimum absolute atomic E-state index is 0.287. The van der Waals surface area contributed by atoms with E-state index in [2.05, 4.69) is 36.2 Å². The number of benzene rings is 3. The first kappa shape index (κ1) is 16.1. The highest BCUT2D eigenvalue weighted by atomic mass is 35.5. The molecule has 0 aromatic heterocycles. The summed E-state index contributed by atoms with van der Waals surface area (Å²) < 4.78 is 0. The maximum atomic E-state index is 11.0. The number of anilines is 2. The normalized spacial score (nSPS) is 12.6. The van der Waals surface area contributed by atoms with Crippen molar-refractivity contribution in [3.63, 3.8) is 0 Å². The third-order valence-corrected chi connectivity index (χ3v) is 5.47. The fraction of sp³-hybridized carbons (Fsp3) is 0.0476. The molecule has 0 amide bonds. The van der Waals surface area contributed by atoms with E-state index in [0.29, 0.717) is 5.02 Å². The molecular formula is C21H16ClNOS. The molecule has 0 spiro atoms. The van der Waals surface area contributed by atoms with E-state index in [4.69, 9.17) is 11.6 Å². The second-order valence-electron chi connectivity index (χ2n) is 5.83. The summed E-state index contributed by atoms with van der Waals surface area (Å²) in [6.45, 7) is 0. The summed E-state index contributed by atoms with van der Waals surface area (Å²) in [5, 5.41) is 11.9. The lowest BCUT2D eigenvalue weighted by molar-refractivity contribution is 0.459. The number of para-hydroxylation sites is 2. The summed E-state index contributed by atoms with van der Waals surface area (Å²) in [7, 11) is 2.05. The van der Waals surface area contributed by atoms with Crippen LogP contribution in [0.5, 0.6) is 0 Å². The first-order valence-electron chi connectivity index (χ1n) is 7.94. The van der Waals surface area contributed by atoms with E-state index >= 15 is 0 Å². The largest absolute Gasteiger partial charge is 0.501 e. The SMILES string of the molecule is CN1c2ccccc2C(=C(O)Sc2ccc(Cl)cc2)c2ccccc21. The number of thioether (sulfide) groups is 1. The molecule has 3 aromatic rings. The summed E-state index contributed by atoms with van der Waals surface area (Å²) in [6, 6.07) is 23.8. The molecule has 0 aliphatic carbocycles. The maximum absolute atomic E-state index is 11.0. The van der Waals surface area contributed by atoms with Crippen LogP contribution in [-0.4, -0.2) is 12.2 Å². The van der Waals surface area contributed by atoms with Gasteiger partial charge in [0.25, 0.3) is 0 Å². The van der Waals surface area contributed by atoms with Gasteiger partial charge in [-0.2, -0.15) is 0 Å². The molecule has 3 aromatic carbocycles. The molecule has 1 heterocycles. The number of hydrogen-bond acceptors (Lipinski definition) is 3. The third-order valence-electron chi connectivity index (χ3n) is 4.31. The highest BCUT2D eigenvalue weighted by molar-refractivity contribution is 8.03. The molecule has 0 radical (unpaired) electrons. The number of hydrogen-bond donors (Lipinski definition) is 1. The van der Waals surface area contributed by atoms with Crippen molar-refractivity contribution >= 4 is 40.3 Å². The van der Waals surface area contributed by atoms with E-state index < -0.39 is 0 Å². The van der Waals surface area contributed by atoms with E-state index in [0.717, 1.165) is 33.0 Å². The molecule has 2 nitrogen and oxygen atoms in total. The maximum Gasteiger partial charge on any atom is 0.163 e. The Morgan fingerprint density at radius 1 is 0.840 bits per heavy atom. The monoisotopic (exact) mass is 365 g/mol. The smallest absolute Gasteiger partial charge is 0.163 e. The fourth-order valence-electron chi connectivity index (χ4n) is 3.13. The minimum Gasteiger partial charge on any atom is -0.501 e. The van der Waals surface area contributed by atoms with Crippen molar-refractivity contribution in [3.05, 3.63) is 94.0 Å². The van der Waals surface area contributed by atoms with Gasteiger partial charge >= 0.3 is 0 Å². The quantitative estimate of drug-likeness (QED) is 0.414. The lowest BCUT2D eigenvalue weighted by atomic mass is 9.91. The zero-order valence-electron chi connectivity index (χ0n) is 13.6. The highest BCUT2D eigenvalue weighted by Gasteiger charge is 2.26. The van der Waals surface area contributed by atoms with Crippen LogP contribution in [0.25, 0.3) is 5.57 Å². The van der Waals surface area contributed by atoms with Gasteiger partial charge in [0, 0.05) is 45.0 Å². The lowest BCUT2D eigenvalue weighted by Crippen LogP contribution is -2.18. The van der Waals surface area contributed by atoms with Gasteiger partial charge in [-0.15, -0.1) is 0 Å². The van der Waals surface area contributed by atoms with Crippen molar-refractivity contribution in [1.29, 1.82) is 0 Å². The van der Waals surface area contributed by atoms with Crippen LogP contribution in [-0.2, 0) is 0 Å². The Morgan fingerprint density at radius 3 is 1.92 bits per heavy atom. The predicted octanol–water partition coefficient (Wildman–Crippen LogP) is 6.49. The van der Waals surface area contributed by atoms with Crippen molar-refractivity contribution in [2.75, 3.05) is 11.9 Å². The summed E-state index contributed by atoms with van der Waals surface area (Å²) in [5.74, 6) is 0. The number of fused-ring (bicyclic) bond motifs is 2. The number of aliphatic hydroxyl groups excluding tert-OH is 1. The Hall–Kier alpha value is -2.36. The molecule has 1 aliphatic heterocycles. The third kappa shape index (κ3) is 2.90. The van der Waals surface area contributed by atoms with Gasteiger partial charge in [-0.05, 0) is 36.4 Å². The topological polar surface area (TPSA) is 23.5 Å². The molecule has 1 N–H and O–H groups in total. The molecule has 124 valence electrons. The second kappa shape index (κ2) is 6.51. The highest BCUT2D eigenvalue weighted by Crippen LogP contribution is 2.47. The van der Waals surface area contributed by atoms with Crippen molar-refractivity contribution in [2.45, 2.75) is 4.90 Å². The predicted molar refractivity (Wildman–Crippen MR) is 107 cm³/mol. The van der Waals surface area contributed by atoms with E-state index in [-0.39, 0.29) is 5.09 Å². The van der Waals surface area contributed by atoms with Crippen LogP contribution in [0.1, 0.15) is 11.1 Å². The van der Waals surface area contributed by atoms with Crippen LogP contribution in [0, 0.1) is 0 Å². The number of nitrogens with zero attached hydrogens (tertiary/aromatic N) is 1. The molecular weight excluding hydrogens is 350 g/mol. The van der Waals surface area contributed by atoms with Crippen LogP contribution in [0.4, 0.5) is 11.4 Å². The summed E-state index contributed by atoms with van der Waals surface area (Å²) in [5.41, 5.74) is 5.09. The van der Waals surface area contributed by atoms with E-state index in [9.17, 15) is 5.11 Å². The molecule has 0 saturated carbocycles. The van der Waals surface area contributed by atoms with Gasteiger partial charge in [-0.1, -0.05) is 59.8 Å². The van der Waals surface area contributed by atoms with Crippen LogP contribution in [0.3, 0.4) is 0 Å². The van der Waals surface area contributed by atoms with Crippen molar-refractivity contribution in [1.82, 2.24) is 0 Å². The number of aliphatic hydroxyl groups is 1. The fourth-order valence-corrected chi connectivity index (χ4v) is 4.07. The second-order valence-corrected chi connectivity index (χ2v) is 7.33. The van der Waals surface area contributed by atoms with Crippen LogP contribution < -0.4 is 4.90 Å².